The third-order valence-corrected chi connectivity index (χ3v) is 4.82. The molecule has 1 aromatic rings. The van der Waals surface area contributed by atoms with Crippen LogP contribution >= 0.6 is 0 Å². The average Bonchev–Trinajstić information content (AvgIpc) is 2.73. The summed E-state index contributed by atoms with van der Waals surface area (Å²) in [6, 6.07) is 5.40. The highest BCUT2D eigenvalue weighted by Crippen LogP contribution is 2.54. The lowest BCUT2D eigenvalue weighted by Crippen LogP contribution is -2.42. The molecule has 1 spiro atoms. The monoisotopic (exact) mass is 337 g/mol. The fourth-order valence-electron chi connectivity index (χ4n) is 3.71. The predicted molar refractivity (Wildman–Crippen MR) is 91.3 cm³/mol. The molecule has 5 heteroatoms. The second kappa shape index (κ2) is 4.89. The van der Waals surface area contributed by atoms with Crippen molar-refractivity contribution in [2.45, 2.75) is 31.8 Å². The molecule has 25 heavy (non-hydrogen) atoms. The number of hydrogen-bond donors (Lipinski definition) is 0. The number of nitrogens with zero attached hydrogens (tertiary/aromatic N) is 1. The van der Waals surface area contributed by atoms with Crippen molar-refractivity contribution in [2.24, 2.45) is 5.92 Å². The average molecular weight is 337 g/mol. The van der Waals surface area contributed by atoms with E-state index in [0.717, 1.165) is 5.56 Å². The maximum atomic E-state index is 12.6. The first-order chi connectivity index (χ1) is 11.8. The Morgan fingerprint density at radius 2 is 2.12 bits per heavy atom. The smallest absolute Gasteiger partial charge is 0.414 e. The highest BCUT2D eigenvalue weighted by atomic mass is 16.6. The zero-order chi connectivity index (χ0) is 18.0. The van der Waals surface area contributed by atoms with Gasteiger partial charge in [0.2, 0.25) is 0 Å². The quantitative estimate of drug-likeness (QED) is 0.740. The Hall–Kier alpha value is -2.74. The topological polar surface area (TPSA) is 55.8 Å². The van der Waals surface area contributed by atoms with Crippen molar-refractivity contribution in [3.8, 4) is 17.6 Å². The number of carbonyl (C=O) groups excluding carboxylic acids is 2. The molecule has 2 aliphatic carbocycles. The minimum atomic E-state index is -0.616. The minimum Gasteiger partial charge on any atom is -0.497 e. The summed E-state index contributed by atoms with van der Waals surface area (Å²) in [7, 11) is 1.59. The fourth-order valence-corrected chi connectivity index (χ4v) is 3.71. The second-order valence-corrected chi connectivity index (χ2v) is 7.53. The van der Waals surface area contributed by atoms with Gasteiger partial charge in [-0.15, -0.1) is 0 Å². The molecule has 1 heterocycles. The van der Waals surface area contributed by atoms with E-state index in [1.807, 2.05) is 26.8 Å². The van der Waals surface area contributed by atoms with Crippen molar-refractivity contribution in [2.75, 3.05) is 13.7 Å². The van der Waals surface area contributed by atoms with Gasteiger partial charge in [-0.2, -0.15) is 0 Å². The van der Waals surface area contributed by atoms with Gasteiger partial charge in [-0.05, 0) is 44.5 Å². The van der Waals surface area contributed by atoms with E-state index in [-0.39, 0.29) is 11.7 Å². The lowest BCUT2D eigenvalue weighted by Gasteiger charge is -2.38. The molecule has 0 N–H and O–H groups in total. The van der Waals surface area contributed by atoms with Gasteiger partial charge < -0.3 is 9.47 Å². The van der Waals surface area contributed by atoms with Gasteiger partial charge in [-0.25, -0.2) is 4.79 Å². The van der Waals surface area contributed by atoms with E-state index < -0.39 is 17.1 Å². The van der Waals surface area contributed by atoms with Crippen LogP contribution in [0.3, 0.4) is 0 Å². The Labute approximate surface area is 146 Å². The number of benzene rings is 1. The normalized spacial score (nSPS) is 25.6. The number of allylic oxidation sites excluding steroid dienone is 2. The molecular weight excluding hydrogens is 318 g/mol. The number of amides is 1. The van der Waals surface area contributed by atoms with E-state index >= 15 is 0 Å². The summed E-state index contributed by atoms with van der Waals surface area (Å²) in [5.41, 5.74) is 0.844. The van der Waals surface area contributed by atoms with Crippen molar-refractivity contribution in [3.05, 3.63) is 41.1 Å². The molecule has 1 saturated heterocycles. The standard InChI is InChI=1S/C20H19NO4/c1-19(2,3)25-18(23)21-11-12-7-8-20(12)15-9-13(24-4)5-6-14(15)16(22)10-17(20)21/h5-6,9-10,12H,11H2,1-4H3/t12-,20-/m1/s1. The Kier molecular flexibility index (Phi) is 3.08. The molecular formula is C20H19NO4. The lowest BCUT2D eigenvalue weighted by atomic mass is 9.62. The van der Waals surface area contributed by atoms with Crippen molar-refractivity contribution in [1.82, 2.24) is 4.90 Å². The molecule has 0 unspecified atom stereocenters. The van der Waals surface area contributed by atoms with E-state index in [0.29, 0.717) is 23.6 Å². The molecule has 5 nitrogen and oxygen atoms in total. The lowest BCUT2D eigenvalue weighted by molar-refractivity contribution is 0.0333. The number of carbonyl (C=O) groups is 2. The van der Waals surface area contributed by atoms with Crippen molar-refractivity contribution < 1.29 is 19.1 Å². The molecule has 1 aromatic carbocycles. The van der Waals surface area contributed by atoms with Gasteiger partial charge in [0.1, 0.15) is 16.8 Å². The van der Waals surface area contributed by atoms with Crippen LogP contribution in [0.4, 0.5) is 4.79 Å². The summed E-state index contributed by atoms with van der Waals surface area (Å²) in [6.07, 6.45) is 1.09. The molecule has 0 aromatic heterocycles. The van der Waals surface area contributed by atoms with E-state index in [2.05, 4.69) is 11.8 Å². The first-order valence-electron chi connectivity index (χ1n) is 8.24. The van der Waals surface area contributed by atoms with Gasteiger partial charge in [-0.1, -0.05) is 11.8 Å². The number of rotatable bonds is 1. The van der Waals surface area contributed by atoms with Crippen LogP contribution < -0.4 is 4.74 Å². The van der Waals surface area contributed by atoms with Gasteiger partial charge in [-0.3, -0.25) is 9.69 Å². The van der Waals surface area contributed by atoms with E-state index in [1.165, 1.54) is 6.08 Å². The Morgan fingerprint density at radius 1 is 1.36 bits per heavy atom. The minimum absolute atomic E-state index is 0.0368. The number of ketones is 1. The van der Waals surface area contributed by atoms with Gasteiger partial charge >= 0.3 is 6.09 Å². The first kappa shape index (κ1) is 15.8. The molecule has 2 atom stereocenters. The number of methoxy groups -OCH3 is 1. The Morgan fingerprint density at radius 3 is 2.72 bits per heavy atom. The summed E-state index contributed by atoms with van der Waals surface area (Å²) in [4.78, 5) is 26.8. The van der Waals surface area contributed by atoms with Gasteiger partial charge in [0.25, 0.3) is 0 Å². The Bertz CT molecular complexity index is 896. The fraction of sp³-hybridized carbons (Fsp3) is 0.400. The molecule has 0 bridgehead atoms. The molecule has 128 valence electrons. The summed E-state index contributed by atoms with van der Waals surface area (Å²) in [6.45, 7) is 5.89. The SMILES string of the molecule is COc1ccc2c(c1)[C@@]13C#C[C@@H]1CN(C(=O)OC(C)(C)C)C3=CC2=O. The summed E-state index contributed by atoms with van der Waals surface area (Å²) in [5.74, 6) is 6.88. The molecule has 0 radical (unpaired) electrons. The van der Waals surface area contributed by atoms with Crippen molar-refractivity contribution in [3.63, 3.8) is 0 Å². The summed E-state index contributed by atoms with van der Waals surface area (Å²) >= 11 is 0. The zero-order valence-electron chi connectivity index (χ0n) is 14.7. The number of likely N-dealkylation sites (tertiary alicyclic amines) is 1. The maximum Gasteiger partial charge on any atom is 0.414 e. The molecule has 4 rings (SSSR count). The molecule has 0 saturated carbocycles. The molecule has 1 aliphatic heterocycles. The third kappa shape index (κ3) is 2.10. The summed E-state index contributed by atoms with van der Waals surface area (Å²) in [5, 5.41) is 0. The van der Waals surface area contributed by atoms with E-state index in [9.17, 15) is 9.59 Å². The van der Waals surface area contributed by atoms with Gasteiger partial charge in [0.15, 0.2) is 5.78 Å². The van der Waals surface area contributed by atoms with E-state index in [4.69, 9.17) is 9.47 Å². The number of ether oxygens (including phenoxy) is 2. The molecule has 3 aliphatic rings. The molecule has 1 amide bonds. The zero-order valence-corrected chi connectivity index (χ0v) is 14.7. The molecule has 1 fully saturated rings. The number of fused-ring (bicyclic) bond motifs is 1. The van der Waals surface area contributed by atoms with Crippen LogP contribution in [-0.2, 0) is 10.2 Å². The van der Waals surface area contributed by atoms with Crippen LogP contribution in [0.5, 0.6) is 5.75 Å². The van der Waals surface area contributed by atoms with Crippen LogP contribution in [-0.4, -0.2) is 36.0 Å². The highest BCUT2D eigenvalue weighted by Gasteiger charge is 2.59. The van der Waals surface area contributed by atoms with Crippen LogP contribution in [0.25, 0.3) is 0 Å². The number of hydrogen-bond acceptors (Lipinski definition) is 4. The Balaban J connectivity index is 1.81. The van der Waals surface area contributed by atoms with Gasteiger partial charge in [0, 0.05) is 18.2 Å². The van der Waals surface area contributed by atoms with Crippen molar-refractivity contribution >= 4 is 11.9 Å². The third-order valence-electron chi connectivity index (χ3n) is 4.82. The van der Waals surface area contributed by atoms with Gasteiger partial charge in [0.05, 0.1) is 18.7 Å². The van der Waals surface area contributed by atoms with Crippen LogP contribution in [0.15, 0.2) is 30.0 Å². The van der Waals surface area contributed by atoms with Crippen LogP contribution in [0, 0.1) is 17.8 Å². The van der Waals surface area contributed by atoms with E-state index in [1.54, 1.807) is 24.1 Å². The maximum absolute atomic E-state index is 12.6. The highest BCUT2D eigenvalue weighted by molar-refractivity contribution is 6.09. The summed E-state index contributed by atoms with van der Waals surface area (Å²) < 4.78 is 10.8. The first-order valence-corrected chi connectivity index (χ1v) is 8.24. The second-order valence-electron chi connectivity index (χ2n) is 7.53. The van der Waals surface area contributed by atoms with Crippen molar-refractivity contribution in [1.29, 1.82) is 0 Å². The van der Waals surface area contributed by atoms with Crippen LogP contribution in [0.2, 0.25) is 0 Å². The largest absolute Gasteiger partial charge is 0.497 e. The van der Waals surface area contributed by atoms with Crippen LogP contribution in [0.1, 0.15) is 36.7 Å². The predicted octanol–water partition coefficient (Wildman–Crippen LogP) is 2.90.